The van der Waals surface area contributed by atoms with Gasteiger partial charge in [0.05, 0.1) is 22.6 Å². The zero-order chi connectivity index (χ0) is 22.7. The number of pyridine rings is 2. The molecule has 164 valence electrons. The molecule has 1 saturated heterocycles. The SMILES string of the molecule is C=CC(=O)Nc1ccnc2ccc(-c3ccc(N)c(C(=O)NC4CCN(C)CC4)n3)cc12. The first-order valence-corrected chi connectivity index (χ1v) is 10.5. The van der Waals surface area contributed by atoms with E-state index in [0.29, 0.717) is 17.1 Å². The van der Waals surface area contributed by atoms with E-state index in [9.17, 15) is 9.59 Å². The van der Waals surface area contributed by atoms with Gasteiger partial charge >= 0.3 is 0 Å². The fraction of sp³-hybridized carbons (Fsp3) is 0.250. The number of nitrogen functional groups attached to an aromatic ring is 1. The molecular formula is C24H26N6O2. The van der Waals surface area contributed by atoms with Crippen LogP contribution in [-0.2, 0) is 4.79 Å². The molecule has 0 bridgehead atoms. The number of amides is 2. The third-order valence-corrected chi connectivity index (χ3v) is 5.68. The molecule has 0 atom stereocenters. The Balaban J connectivity index is 1.63. The highest BCUT2D eigenvalue weighted by Crippen LogP contribution is 2.28. The van der Waals surface area contributed by atoms with Crippen molar-refractivity contribution >= 4 is 34.1 Å². The van der Waals surface area contributed by atoms with Crippen LogP contribution >= 0.6 is 0 Å². The zero-order valence-electron chi connectivity index (χ0n) is 18.0. The number of fused-ring (bicyclic) bond motifs is 1. The summed E-state index contributed by atoms with van der Waals surface area (Å²) < 4.78 is 0. The summed E-state index contributed by atoms with van der Waals surface area (Å²) in [4.78, 5) is 35.8. The summed E-state index contributed by atoms with van der Waals surface area (Å²) in [6.45, 7) is 5.39. The second kappa shape index (κ2) is 9.15. The molecule has 3 heterocycles. The van der Waals surface area contributed by atoms with Crippen LogP contribution in [0, 0.1) is 0 Å². The number of carbonyl (C=O) groups is 2. The highest BCUT2D eigenvalue weighted by Gasteiger charge is 2.21. The van der Waals surface area contributed by atoms with Gasteiger partial charge in [-0.05, 0) is 69.4 Å². The molecule has 0 saturated carbocycles. The van der Waals surface area contributed by atoms with Crippen molar-refractivity contribution in [3.05, 3.63) is 60.9 Å². The number of nitrogens with one attached hydrogen (secondary N) is 2. The van der Waals surface area contributed by atoms with E-state index in [1.807, 2.05) is 18.2 Å². The van der Waals surface area contributed by atoms with Crippen LogP contribution < -0.4 is 16.4 Å². The Morgan fingerprint density at radius 3 is 2.72 bits per heavy atom. The number of anilines is 2. The molecule has 4 rings (SSSR count). The van der Waals surface area contributed by atoms with Gasteiger partial charge in [-0.15, -0.1) is 0 Å². The largest absolute Gasteiger partial charge is 0.397 e. The lowest BCUT2D eigenvalue weighted by molar-refractivity contribution is -0.111. The number of carbonyl (C=O) groups excluding carboxylic acids is 2. The summed E-state index contributed by atoms with van der Waals surface area (Å²) in [5, 5.41) is 6.62. The predicted octanol–water partition coefficient (Wildman–Crippen LogP) is 2.83. The molecule has 2 aromatic heterocycles. The quantitative estimate of drug-likeness (QED) is 0.537. The average molecular weight is 431 g/mol. The van der Waals surface area contributed by atoms with Crippen LogP contribution in [-0.4, -0.2) is 52.9 Å². The topological polar surface area (TPSA) is 113 Å². The van der Waals surface area contributed by atoms with Crippen molar-refractivity contribution in [2.45, 2.75) is 18.9 Å². The molecule has 3 aromatic rings. The highest BCUT2D eigenvalue weighted by molar-refractivity contribution is 6.06. The normalized spacial score (nSPS) is 14.8. The lowest BCUT2D eigenvalue weighted by Crippen LogP contribution is -2.43. The van der Waals surface area contributed by atoms with E-state index in [0.717, 1.165) is 42.4 Å². The van der Waals surface area contributed by atoms with Crippen molar-refractivity contribution in [1.82, 2.24) is 20.2 Å². The maximum absolute atomic E-state index is 12.9. The van der Waals surface area contributed by atoms with E-state index in [1.54, 1.807) is 24.4 Å². The summed E-state index contributed by atoms with van der Waals surface area (Å²) >= 11 is 0. The monoisotopic (exact) mass is 430 g/mol. The van der Waals surface area contributed by atoms with Crippen molar-refractivity contribution in [2.24, 2.45) is 0 Å². The number of hydrogen-bond acceptors (Lipinski definition) is 6. The van der Waals surface area contributed by atoms with E-state index in [2.05, 4.69) is 39.1 Å². The smallest absolute Gasteiger partial charge is 0.272 e. The maximum Gasteiger partial charge on any atom is 0.272 e. The van der Waals surface area contributed by atoms with Gasteiger partial charge in [0.15, 0.2) is 5.69 Å². The van der Waals surface area contributed by atoms with E-state index < -0.39 is 0 Å². The first-order chi connectivity index (χ1) is 15.4. The van der Waals surface area contributed by atoms with E-state index >= 15 is 0 Å². The fourth-order valence-corrected chi connectivity index (χ4v) is 3.82. The molecular weight excluding hydrogens is 404 g/mol. The van der Waals surface area contributed by atoms with Gasteiger partial charge < -0.3 is 21.3 Å². The van der Waals surface area contributed by atoms with E-state index in [4.69, 9.17) is 5.73 Å². The third-order valence-electron chi connectivity index (χ3n) is 5.68. The Morgan fingerprint density at radius 1 is 1.19 bits per heavy atom. The van der Waals surface area contributed by atoms with Crippen molar-refractivity contribution in [1.29, 1.82) is 0 Å². The Labute approximate surface area is 186 Å². The third kappa shape index (κ3) is 4.60. The van der Waals surface area contributed by atoms with Gasteiger partial charge in [-0.1, -0.05) is 12.6 Å². The Kier molecular flexibility index (Phi) is 6.13. The molecule has 1 aromatic carbocycles. The first-order valence-electron chi connectivity index (χ1n) is 10.5. The van der Waals surface area contributed by atoms with Crippen LogP contribution in [0.25, 0.3) is 22.2 Å². The van der Waals surface area contributed by atoms with Crippen molar-refractivity contribution < 1.29 is 9.59 Å². The molecule has 0 unspecified atom stereocenters. The molecule has 8 nitrogen and oxygen atoms in total. The van der Waals surface area contributed by atoms with Gasteiger partial charge in [-0.3, -0.25) is 14.6 Å². The highest BCUT2D eigenvalue weighted by atomic mass is 16.2. The van der Waals surface area contributed by atoms with Gasteiger partial charge in [0.25, 0.3) is 5.91 Å². The number of benzene rings is 1. The van der Waals surface area contributed by atoms with E-state index in [1.165, 1.54) is 6.08 Å². The van der Waals surface area contributed by atoms with E-state index in [-0.39, 0.29) is 23.6 Å². The fourth-order valence-electron chi connectivity index (χ4n) is 3.82. The number of hydrogen-bond donors (Lipinski definition) is 3. The number of piperidine rings is 1. The Bertz CT molecular complexity index is 1180. The second-order valence-corrected chi connectivity index (χ2v) is 7.97. The van der Waals surface area contributed by atoms with Crippen LogP contribution in [0.3, 0.4) is 0 Å². The van der Waals surface area contributed by atoms with Crippen LogP contribution in [0.15, 0.2) is 55.3 Å². The summed E-state index contributed by atoms with van der Waals surface area (Å²) in [6, 6.07) is 10.9. The van der Waals surface area contributed by atoms with Crippen LogP contribution in [0.2, 0.25) is 0 Å². The molecule has 1 fully saturated rings. The first kappa shape index (κ1) is 21.5. The molecule has 8 heteroatoms. The predicted molar refractivity (Wildman–Crippen MR) is 126 cm³/mol. The minimum absolute atomic E-state index is 0.117. The molecule has 1 aliphatic rings. The minimum atomic E-state index is -0.304. The number of aromatic nitrogens is 2. The summed E-state index contributed by atoms with van der Waals surface area (Å²) in [5.41, 5.74) is 9.38. The lowest BCUT2D eigenvalue weighted by atomic mass is 10.0. The number of nitrogens with zero attached hydrogens (tertiary/aromatic N) is 3. The molecule has 0 radical (unpaired) electrons. The van der Waals surface area contributed by atoms with Gasteiger partial charge in [-0.25, -0.2) is 4.98 Å². The molecule has 4 N–H and O–H groups in total. The molecule has 2 amide bonds. The Hall–Kier alpha value is -3.78. The van der Waals surface area contributed by atoms with Crippen LogP contribution in [0.5, 0.6) is 0 Å². The van der Waals surface area contributed by atoms with Crippen LogP contribution in [0.4, 0.5) is 11.4 Å². The van der Waals surface area contributed by atoms with Gasteiger partial charge in [0.2, 0.25) is 5.91 Å². The van der Waals surface area contributed by atoms with Gasteiger partial charge in [0.1, 0.15) is 0 Å². The van der Waals surface area contributed by atoms with Gasteiger partial charge in [0, 0.05) is 23.2 Å². The molecule has 32 heavy (non-hydrogen) atoms. The van der Waals surface area contributed by atoms with Crippen molar-refractivity contribution in [3.63, 3.8) is 0 Å². The number of nitrogens with two attached hydrogens (primary N) is 1. The molecule has 0 spiro atoms. The van der Waals surface area contributed by atoms with Crippen molar-refractivity contribution in [3.8, 4) is 11.3 Å². The molecule has 0 aliphatic carbocycles. The maximum atomic E-state index is 12.9. The van der Waals surface area contributed by atoms with Crippen LogP contribution in [0.1, 0.15) is 23.3 Å². The standard InChI is InChI=1S/C24H26N6O2/c1-3-22(31)28-21-8-11-26-20-6-4-15(14-17(20)21)19-7-5-18(25)23(29-19)24(32)27-16-9-12-30(2)13-10-16/h3-8,11,14,16H,1,9-10,12-13,25H2,2H3,(H,27,32)(H,26,28,31). The lowest BCUT2D eigenvalue weighted by Gasteiger charge is -2.29. The second-order valence-electron chi connectivity index (χ2n) is 7.97. The summed E-state index contributed by atoms with van der Waals surface area (Å²) in [7, 11) is 2.08. The molecule has 1 aliphatic heterocycles. The number of likely N-dealkylation sites (tertiary alicyclic amines) is 1. The summed E-state index contributed by atoms with van der Waals surface area (Å²) in [5.74, 6) is -0.568. The van der Waals surface area contributed by atoms with Gasteiger partial charge in [-0.2, -0.15) is 0 Å². The van der Waals surface area contributed by atoms with Crippen molar-refractivity contribution in [2.75, 3.05) is 31.2 Å². The number of rotatable bonds is 5. The zero-order valence-corrected chi connectivity index (χ0v) is 18.0. The Morgan fingerprint density at radius 2 is 1.97 bits per heavy atom. The summed E-state index contributed by atoms with van der Waals surface area (Å²) in [6.07, 6.45) is 4.65. The minimum Gasteiger partial charge on any atom is -0.397 e. The average Bonchev–Trinajstić information content (AvgIpc) is 2.80.